The summed E-state index contributed by atoms with van der Waals surface area (Å²) in [5, 5.41) is 9.38. The number of nitrogens with zero attached hydrogens (tertiary/aromatic N) is 2. The van der Waals surface area contributed by atoms with Crippen LogP contribution in [0, 0.1) is 5.82 Å². The van der Waals surface area contributed by atoms with Crippen LogP contribution in [0.25, 0.3) is 11.0 Å². The number of carboxylic acid groups (broad SMARTS) is 1. The second-order valence-electron chi connectivity index (χ2n) is 6.94. The van der Waals surface area contributed by atoms with Crippen LogP contribution < -0.4 is 4.72 Å². The minimum absolute atomic E-state index is 0.0647. The molecule has 3 aromatic carbocycles. The zero-order valence-electron chi connectivity index (χ0n) is 16.1. The van der Waals surface area contributed by atoms with Gasteiger partial charge in [-0.15, -0.1) is 0 Å². The Morgan fingerprint density at radius 3 is 2.45 bits per heavy atom. The van der Waals surface area contributed by atoms with Gasteiger partial charge in [0.15, 0.2) is 0 Å². The summed E-state index contributed by atoms with van der Waals surface area (Å²) in [6, 6.07) is 18.1. The number of sulfonamides is 1. The van der Waals surface area contributed by atoms with Gasteiger partial charge < -0.3 is 9.67 Å². The van der Waals surface area contributed by atoms with Crippen molar-refractivity contribution in [3.63, 3.8) is 0 Å². The van der Waals surface area contributed by atoms with E-state index in [2.05, 4.69) is 9.71 Å². The van der Waals surface area contributed by atoms with E-state index < -0.39 is 27.9 Å². The molecule has 1 heterocycles. The van der Waals surface area contributed by atoms with Crippen LogP contribution in [0.3, 0.4) is 0 Å². The first-order valence-corrected chi connectivity index (χ1v) is 10.8. The van der Waals surface area contributed by atoms with Gasteiger partial charge in [0.2, 0.25) is 0 Å². The maximum Gasteiger partial charge on any atom is 0.305 e. The Bertz CT molecular complexity index is 1340. The van der Waals surface area contributed by atoms with Crippen molar-refractivity contribution in [2.75, 3.05) is 4.72 Å². The molecule has 2 N–H and O–H groups in total. The van der Waals surface area contributed by atoms with Gasteiger partial charge in [0.05, 0.1) is 40.4 Å². The zero-order chi connectivity index (χ0) is 22.0. The molecule has 0 bridgehead atoms. The maximum absolute atomic E-state index is 13.1. The van der Waals surface area contributed by atoms with Gasteiger partial charge in [-0.25, -0.2) is 17.8 Å². The molecule has 4 rings (SSSR count). The van der Waals surface area contributed by atoms with Crippen molar-refractivity contribution in [3.8, 4) is 0 Å². The van der Waals surface area contributed by atoms with E-state index in [0.29, 0.717) is 11.0 Å². The normalized spacial score (nSPS) is 12.5. The predicted octanol–water partition coefficient (Wildman–Crippen LogP) is 4.04. The summed E-state index contributed by atoms with van der Waals surface area (Å²) in [6.07, 6.45) is 1.41. The Morgan fingerprint density at radius 1 is 1.06 bits per heavy atom. The number of anilines is 1. The second kappa shape index (κ2) is 8.19. The quantitative estimate of drug-likeness (QED) is 0.453. The van der Waals surface area contributed by atoms with Gasteiger partial charge in [-0.05, 0) is 48.0 Å². The van der Waals surface area contributed by atoms with Gasteiger partial charge in [0, 0.05) is 0 Å². The molecule has 4 aromatic rings. The van der Waals surface area contributed by atoms with Gasteiger partial charge in [-0.3, -0.25) is 9.52 Å². The Hall–Kier alpha value is -3.72. The summed E-state index contributed by atoms with van der Waals surface area (Å²) in [6.45, 7) is 0. The number of nitrogens with one attached hydrogen (secondary N) is 1. The highest BCUT2D eigenvalue weighted by Crippen LogP contribution is 2.28. The number of aromatic nitrogens is 2. The van der Waals surface area contributed by atoms with E-state index in [-0.39, 0.29) is 17.0 Å². The van der Waals surface area contributed by atoms with Crippen LogP contribution in [0.2, 0.25) is 0 Å². The molecule has 1 unspecified atom stereocenters. The smallest absolute Gasteiger partial charge is 0.305 e. The van der Waals surface area contributed by atoms with E-state index >= 15 is 0 Å². The molecule has 31 heavy (non-hydrogen) atoms. The third-order valence-corrected chi connectivity index (χ3v) is 6.24. The number of rotatable bonds is 7. The number of fused-ring (bicyclic) bond motifs is 1. The second-order valence-corrected chi connectivity index (χ2v) is 8.62. The molecular weight excluding hydrogens is 421 g/mol. The van der Waals surface area contributed by atoms with Gasteiger partial charge in [-0.1, -0.05) is 30.3 Å². The fraction of sp³-hybridized carbons (Fsp3) is 0.0909. The summed E-state index contributed by atoms with van der Waals surface area (Å²) >= 11 is 0. The fourth-order valence-electron chi connectivity index (χ4n) is 3.39. The van der Waals surface area contributed by atoms with Gasteiger partial charge in [0.1, 0.15) is 5.82 Å². The molecule has 0 spiro atoms. The molecule has 9 heteroatoms. The maximum atomic E-state index is 13.1. The van der Waals surface area contributed by atoms with Crippen molar-refractivity contribution in [3.05, 3.63) is 90.5 Å². The van der Waals surface area contributed by atoms with E-state index in [1.54, 1.807) is 29.1 Å². The molecule has 0 amide bonds. The summed E-state index contributed by atoms with van der Waals surface area (Å²) in [5.74, 6) is -1.47. The van der Waals surface area contributed by atoms with Crippen LogP contribution in [0.1, 0.15) is 18.0 Å². The summed E-state index contributed by atoms with van der Waals surface area (Å²) in [7, 11) is -3.90. The zero-order valence-corrected chi connectivity index (χ0v) is 17.0. The van der Waals surface area contributed by atoms with Crippen LogP contribution in [-0.4, -0.2) is 29.0 Å². The number of carbonyl (C=O) groups is 1. The average Bonchev–Trinajstić information content (AvgIpc) is 3.15. The lowest BCUT2D eigenvalue weighted by atomic mass is 10.0. The van der Waals surface area contributed by atoms with Crippen LogP contribution in [0.5, 0.6) is 0 Å². The first-order valence-electron chi connectivity index (χ1n) is 9.35. The lowest BCUT2D eigenvalue weighted by Crippen LogP contribution is -2.14. The molecule has 0 aliphatic rings. The van der Waals surface area contributed by atoms with Gasteiger partial charge >= 0.3 is 5.97 Å². The van der Waals surface area contributed by atoms with E-state index in [0.717, 1.165) is 17.7 Å². The number of hydrogen-bond donors (Lipinski definition) is 2. The number of aliphatic carboxylic acids is 1. The summed E-state index contributed by atoms with van der Waals surface area (Å²) in [5.41, 5.74) is 2.28. The fourth-order valence-corrected chi connectivity index (χ4v) is 4.44. The average molecular weight is 439 g/mol. The first kappa shape index (κ1) is 20.5. The highest BCUT2D eigenvalue weighted by molar-refractivity contribution is 7.92. The van der Waals surface area contributed by atoms with Crippen molar-refractivity contribution in [2.24, 2.45) is 0 Å². The Morgan fingerprint density at radius 2 is 1.77 bits per heavy atom. The van der Waals surface area contributed by atoms with Crippen LogP contribution >= 0.6 is 0 Å². The molecule has 0 aliphatic heterocycles. The molecule has 0 fully saturated rings. The van der Waals surface area contributed by atoms with E-state index in [1.165, 1.54) is 12.1 Å². The Kier molecular flexibility index (Phi) is 5.43. The molecule has 0 saturated carbocycles. The van der Waals surface area contributed by atoms with E-state index in [1.807, 2.05) is 30.3 Å². The highest BCUT2D eigenvalue weighted by Gasteiger charge is 2.20. The molecule has 1 atom stereocenters. The third-order valence-electron chi connectivity index (χ3n) is 4.84. The van der Waals surface area contributed by atoms with E-state index in [4.69, 9.17) is 0 Å². The molecule has 0 radical (unpaired) electrons. The highest BCUT2D eigenvalue weighted by atomic mass is 32.2. The monoisotopic (exact) mass is 439 g/mol. The topological polar surface area (TPSA) is 101 Å². The van der Waals surface area contributed by atoms with Crippen molar-refractivity contribution in [1.29, 1.82) is 0 Å². The molecule has 158 valence electrons. The summed E-state index contributed by atoms with van der Waals surface area (Å²) in [4.78, 5) is 15.7. The lowest BCUT2D eigenvalue weighted by Gasteiger charge is -2.18. The number of benzene rings is 3. The Labute approximate surface area is 177 Å². The Balaban J connectivity index is 1.67. The third kappa shape index (κ3) is 4.41. The molecular formula is C22H18FN3O4S. The number of hydrogen-bond acceptors (Lipinski definition) is 4. The van der Waals surface area contributed by atoms with E-state index in [9.17, 15) is 22.7 Å². The van der Waals surface area contributed by atoms with Crippen molar-refractivity contribution >= 4 is 32.7 Å². The number of halogens is 1. The lowest BCUT2D eigenvalue weighted by molar-refractivity contribution is -0.137. The number of imidazole rings is 1. The minimum atomic E-state index is -3.90. The summed E-state index contributed by atoms with van der Waals surface area (Å²) < 4.78 is 42.4. The largest absolute Gasteiger partial charge is 0.481 e. The predicted molar refractivity (Wildman–Crippen MR) is 114 cm³/mol. The standard InChI is InChI=1S/C22H18FN3O4S/c23-16-6-9-18(10-7-16)31(29,30)25-17-8-11-20-19(12-17)24-14-26(20)21(13-22(27)28)15-4-2-1-3-5-15/h1-12,14,21,25H,13H2,(H,27,28). The van der Waals surface area contributed by atoms with Crippen molar-refractivity contribution < 1.29 is 22.7 Å². The van der Waals surface area contributed by atoms with Crippen LogP contribution in [0.15, 0.2) is 84.0 Å². The van der Waals surface area contributed by atoms with Crippen molar-refractivity contribution in [2.45, 2.75) is 17.4 Å². The molecule has 0 saturated heterocycles. The van der Waals surface area contributed by atoms with Gasteiger partial charge in [0.25, 0.3) is 10.0 Å². The minimum Gasteiger partial charge on any atom is -0.481 e. The van der Waals surface area contributed by atoms with Crippen LogP contribution in [0.4, 0.5) is 10.1 Å². The van der Waals surface area contributed by atoms with Gasteiger partial charge in [-0.2, -0.15) is 0 Å². The van der Waals surface area contributed by atoms with Crippen molar-refractivity contribution in [1.82, 2.24) is 9.55 Å². The SMILES string of the molecule is O=C(O)CC(c1ccccc1)n1cnc2cc(NS(=O)(=O)c3ccc(F)cc3)ccc21. The number of carboxylic acids is 1. The molecule has 1 aromatic heterocycles. The van der Waals surface area contributed by atoms with Crippen LogP contribution in [-0.2, 0) is 14.8 Å². The first-order chi connectivity index (χ1) is 14.8. The molecule has 7 nitrogen and oxygen atoms in total. The molecule has 0 aliphatic carbocycles.